The molecule has 144 valence electrons. The van der Waals surface area contributed by atoms with E-state index in [0.717, 1.165) is 29.1 Å². The van der Waals surface area contributed by atoms with Crippen LogP contribution in [0.5, 0.6) is 0 Å². The number of carbonyl (C=O) groups excluding carboxylic acids is 1. The van der Waals surface area contributed by atoms with E-state index in [1.807, 2.05) is 42.8 Å². The highest BCUT2D eigenvalue weighted by Gasteiger charge is 2.37. The Morgan fingerprint density at radius 2 is 1.93 bits per heavy atom. The van der Waals surface area contributed by atoms with Gasteiger partial charge in [-0.25, -0.2) is 4.68 Å². The fourth-order valence-electron chi connectivity index (χ4n) is 3.29. The Balaban J connectivity index is 1.67. The Kier molecular flexibility index (Phi) is 5.09. The standard InChI is InChI=1S/C21H23N5OS/c1-4-17-23-24-21-26(17)25-18(15-10-8-13(2)9-11-15)19(28-21)20(27)22-16-7-5-6-14(3)12-16/h5-12,18-19,25H,4H2,1-3H3,(H,22,27)/t18-,19-/m1/s1. The Labute approximate surface area is 168 Å². The summed E-state index contributed by atoms with van der Waals surface area (Å²) in [5.41, 5.74) is 7.62. The molecule has 0 unspecified atom stereocenters. The maximum Gasteiger partial charge on any atom is 0.240 e. The number of nitrogens with one attached hydrogen (secondary N) is 2. The molecule has 0 radical (unpaired) electrons. The Morgan fingerprint density at radius 1 is 1.14 bits per heavy atom. The van der Waals surface area contributed by atoms with E-state index in [2.05, 4.69) is 52.1 Å². The number of amides is 1. The molecule has 1 amide bonds. The highest BCUT2D eigenvalue weighted by molar-refractivity contribution is 8.00. The van der Waals surface area contributed by atoms with E-state index in [1.54, 1.807) is 0 Å². The van der Waals surface area contributed by atoms with Crippen LogP contribution in [0.15, 0.2) is 53.7 Å². The highest BCUT2D eigenvalue weighted by atomic mass is 32.2. The van der Waals surface area contributed by atoms with Crippen molar-refractivity contribution in [1.29, 1.82) is 0 Å². The summed E-state index contributed by atoms with van der Waals surface area (Å²) in [6.07, 6.45) is 0.765. The van der Waals surface area contributed by atoms with Gasteiger partial charge in [-0.15, -0.1) is 10.2 Å². The number of aryl methyl sites for hydroxylation is 3. The molecule has 4 rings (SSSR count). The third-order valence-electron chi connectivity index (χ3n) is 4.80. The average Bonchev–Trinajstić information content (AvgIpc) is 3.09. The lowest BCUT2D eigenvalue weighted by atomic mass is 10.0. The molecule has 2 aromatic carbocycles. The fourth-order valence-corrected chi connectivity index (χ4v) is 4.39. The van der Waals surface area contributed by atoms with Gasteiger partial charge in [0, 0.05) is 12.1 Å². The van der Waals surface area contributed by atoms with Gasteiger partial charge in [-0.05, 0) is 37.1 Å². The second-order valence-corrected chi connectivity index (χ2v) is 8.11. The number of aromatic nitrogens is 3. The summed E-state index contributed by atoms with van der Waals surface area (Å²) < 4.78 is 1.91. The third-order valence-corrected chi connectivity index (χ3v) is 6.02. The maximum atomic E-state index is 13.2. The molecule has 0 aliphatic carbocycles. The molecule has 0 spiro atoms. The van der Waals surface area contributed by atoms with Crippen molar-refractivity contribution in [2.75, 3.05) is 10.7 Å². The quantitative estimate of drug-likeness (QED) is 0.704. The van der Waals surface area contributed by atoms with Crippen LogP contribution in [-0.4, -0.2) is 26.0 Å². The third kappa shape index (κ3) is 3.62. The average molecular weight is 394 g/mol. The molecule has 2 heterocycles. The van der Waals surface area contributed by atoms with Crippen molar-refractivity contribution in [2.45, 2.75) is 43.6 Å². The maximum absolute atomic E-state index is 13.2. The van der Waals surface area contributed by atoms with E-state index in [4.69, 9.17) is 0 Å². The molecule has 3 aromatic rings. The zero-order chi connectivity index (χ0) is 19.7. The van der Waals surface area contributed by atoms with Crippen LogP contribution >= 0.6 is 11.8 Å². The van der Waals surface area contributed by atoms with Crippen molar-refractivity contribution in [3.05, 3.63) is 71.0 Å². The first kappa shape index (κ1) is 18.6. The normalized spacial score (nSPS) is 18.2. The van der Waals surface area contributed by atoms with Crippen molar-refractivity contribution >= 4 is 23.4 Å². The SMILES string of the molecule is CCc1nnc2n1N[C@H](c1ccc(C)cc1)[C@H](C(=O)Nc1cccc(C)c1)S2. The zero-order valence-electron chi connectivity index (χ0n) is 16.1. The Morgan fingerprint density at radius 3 is 2.64 bits per heavy atom. The van der Waals surface area contributed by atoms with E-state index in [9.17, 15) is 4.79 Å². The van der Waals surface area contributed by atoms with E-state index < -0.39 is 0 Å². The fraction of sp³-hybridized carbons (Fsp3) is 0.286. The van der Waals surface area contributed by atoms with E-state index in [-0.39, 0.29) is 17.2 Å². The monoisotopic (exact) mass is 393 g/mol. The second kappa shape index (κ2) is 7.67. The van der Waals surface area contributed by atoms with Crippen LogP contribution in [0.3, 0.4) is 0 Å². The van der Waals surface area contributed by atoms with Gasteiger partial charge in [0.05, 0.1) is 6.04 Å². The summed E-state index contributed by atoms with van der Waals surface area (Å²) in [6, 6.07) is 15.9. The van der Waals surface area contributed by atoms with Gasteiger partial charge in [-0.1, -0.05) is 60.6 Å². The molecule has 2 N–H and O–H groups in total. The molecule has 0 saturated carbocycles. The minimum atomic E-state index is -0.371. The molecular formula is C21H23N5OS. The predicted octanol–water partition coefficient (Wildman–Crippen LogP) is 3.86. The predicted molar refractivity (Wildman–Crippen MR) is 112 cm³/mol. The smallest absolute Gasteiger partial charge is 0.240 e. The number of carbonyl (C=O) groups is 1. The van der Waals surface area contributed by atoms with E-state index in [0.29, 0.717) is 5.16 Å². The van der Waals surface area contributed by atoms with Crippen molar-refractivity contribution in [3.63, 3.8) is 0 Å². The summed E-state index contributed by atoms with van der Waals surface area (Å²) in [5.74, 6) is 0.804. The molecule has 1 aromatic heterocycles. The number of hydrogen-bond donors (Lipinski definition) is 2. The number of hydrogen-bond acceptors (Lipinski definition) is 5. The first-order valence-corrected chi connectivity index (χ1v) is 10.2. The number of nitrogens with zero attached hydrogens (tertiary/aromatic N) is 3. The van der Waals surface area contributed by atoms with Crippen LogP contribution < -0.4 is 10.7 Å². The summed E-state index contributed by atoms with van der Waals surface area (Å²) in [6.45, 7) is 6.11. The van der Waals surface area contributed by atoms with Gasteiger partial charge >= 0.3 is 0 Å². The van der Waals surface area contributed by atoms with Crippen molar-refractivity contribution in [2.24, 2.45) is 0 Å². The van der Waals surface area contributed by atoms with Gasteiger partial charge in [-0.3, -0.25) is 4.79 Å². The van der Waals surface area contributed by atoms with Crippen LogP contribution in [0.25, 0.3) is 0 Å². The number of rotatable bonds is 4. The first-order valence-electron chi connectivity index (χ1n) is 9.36. The highest BCUT2D eigenvalue weighted by Crippen LogP contribution is 2.37. The number of benzene rings is 2. The van der Waals surface area contributed by atoms with Gasteiger partial charge in [0.2, 0.25) is 11.1 Å². The van der Waals surface area contributed by atoms with Gasteiger partial charge < -0.3 is 10.7 Å². The van der Waals surface area contributed by atoms with Crippen molar-refractivity contribution < 1.29 is 4.79 Å². The molecule has 0 fully saturated rings. The molecule has 0 saturated heterocycles. The van der Waals surface area contributed by atoms with Gasteiger partial charge in [0.1, 0.15) is 5.25 Å². The first-order chi connectivity index (χ1) is 13.5. The minimum Gasteiger partial charge on any atom is -0.325 e. The van der Waals surface area contributed by atoms with Crippen LogP contribution in [0, 0.1) is 13.8 Å². The molecule has 7 heteroatoms. The van der Waals surface area contributed by atoms with Gasteiger partial charge in [0.25, 0.3) is 0 Å². The lowest BCUT2D eigenvalue weighted by Gasteiger charge is -2.33. The molecule has 1 aliphatic rings. The van der Waals surface area contributed by atoms with Gasteiger partial charge in [0.15, 0.2) is 5.82 Å². The molecule has 1 aliphatic heterocycles. The molecule has 2 atom stereocenters. The summed E-state index contributed by atoms with van der Waals surface area (Å²) in [7, 11) is 0. The van der Waals surface area contributed by atoms with Crippen LogP contribution in [0.4, 0.5) is 5.69 Å². The zero-order valence-corrected chi connectivity index (χ0v) is 17.0. The lowest BCUT2D eigenvalue weighted by molar-refractivity contribution is -0.116. The van der Waals surface area contributed by atoms with Crippen LogP contribution in [0.2, 0.25) is 0 Å². The van der Waals surface area contributed by atoms with E-state index in [1.165, 1.54) is 17.3 Å². The molecule has 28 heavy (non-hydrogen) atoms. The van der Waals surface area contributed by atoms with Crippen LogP contribution in [-0.2, 0) is 11.2 Å². The number of fused-ring (bicyclic) bond motifs is 1. The lowest BCUT2D eigenvalue weighted by Crippen LogP contribution is -2.41. The largest absolute Gasteiger partial charge is 0.325 e. The van der Waals surface area contributed by atoms with E-state index >= 15 is 0 Å². The Bertz CT molecular complexity index is 998. The number of anilines is 1. The molecule has 6 nitrogen and oxygen atoms in total. The molecule has 0 bridgehead atoms. The minimum absolute atomic E-state index is 0.0547. The van der Waals surface area contributed by atoms with Crippen LogP contribution in [0.1, 0.15) is 35.5 Å². The number of thioether (sulfide) groups is 1. The van der Waals surface area contributed by atoms with Gasteiger partial charge in [-0.2, -0.15) is 0 Å². The second-order valence-electron chi connectivity index (χ2n) is 7.00. The summed E-state index contributed by atoms with van der Waals surface area (Å²) in [5, 5.41) is 11.9. The topological polar surface area (TPSA) is 71.8 Å². The molecular weight excluding hydrogens is 370 g/mol. The Hall–Kier alpha value is -2.80. The van der Waals surface area contributed by atoms with Crippen molar-refractivity contribution in [1.82, 2.24) is 14.9 Å². The van der Waals surface area contributed by atoms with Crippen molar-refractivity contribution in [3.8, 4) is 0 Å². The summed E-state index contributed by atoms with van der Waals surface area (Å²) in [4.78, 5) is 13.2. The summed E-state index contributed by atoms with van der Waals surface area (Å²) >= 11 is 1.45.